The number of benzene rings is 1. The molecule has 0 radical (unpaired) electrons. The molecule has 0 fully saturated rings. The third-order valence-corrected chi connectivity index (χ3v) is 6.00. The van der Waals surface area contributed by atoms with Gasteiger partial charge in [-0.25, -0.2) is 9.50 Å². The molecule has 1 aliphatic heterocycles. The topological polar surface area (TPSA) is 121 Å². The number of nitrogens with one attached hydrogen (secondary N) is 2. The van der Waals surface area contributed by atoms with Gasteiger partial charge in [-0.05, 0) is 56.9 Å². The zero-order valence-corrected chi connectivity index (χ0v) is 19.1. The number of hydrogen-bond donors (Lipinski definition) is 2. The zero-order chi connectivity index (χ0) is 23.7. The number of aromatic nitrogens is 3. The fourth-order valence-electron chi connectivity index (χ4n) is 4.08. The Morgan fingerprint density at radius 1 is 1.39 bits per heavy atom. The van der Waals surface area contributed by atoms with Crippen molar-refractivity contribution in [2.45, 2.75) is 59.1 Å². The second kappa shape index (κ2) is 8.90. The van der Waals surface area contributed by atoms with Crippen molar-refractivity contribution in [2.24, 2.45) is 0 Å². The van der Waals surface area contributed by atoms with E-state index in [-0.39, 0.29) is 17.9 Å². The Kier molecular flexibility index (Phi) is 6.01. The van der Waals surface area contributed by atoms with Crippen LogP contribution in [0.25, 0.3) is 5.65 Å². The molecular formula is C24H26N6O3. The Bertz CT molecular complexity index is 1290. The van der Waals surface area contributed by atoms with E-state index in [9.17, 15) is 14.9 Å². The quantitative estimate of drug-likeness (QED) is 0.600. The molecule has 1 aromatic carbocycles. The maximum absolute atomic E-state index is 12.7. The summed E-state index contributed by atoms with van der Waals surface area (Å²) in [6.07, 6.45) is 2.38. The Morgan fingerprint density at radius 2 is 2.18 bits per heavy atom. The number of rotatable bonds is 6. The molecule has 2 atom stereocenters. The van der Waals surface area contributed by atoms with Gasteiger partial charge in [-0.3, -0.25) is 9.59 Å². The van der Waals surface area contributed by atoms with Crippen molar-refractivity contribution in [3.8, 4) is 11.8 Å². The van der Waals surface area contributed by atoms with Crippen LogP contribution >= 0.6 is 0 Å². The van der Waals surface area contributed by atoms with E-state index < -0.39 is 6.10 Å². The first-order valence-corrected chi connectivity index (χ1v) is 11.0. The molecule has 0 bridgehead atoms. The molecule has 33 heavy (non-hydrogen) atoms. The summed E-state index contributed by atoms with van der Waals surface area (Å²) in [4.78, 5) is 29.2. The predicted molar refractivity (Wildman–Crippen MR) is 122 cm³/mol. The summed E-state index contributed by atoms with van der Waals surface area (Å²) in [6, 6.07) is 7.40. The second-order valence-corrected chi connectivity index (χ2v) is 8.22. The molecule has 3 heterocycles. The molecule has 0 spiro atoms. The number of aryl methyl sites for hydroxylation is 2. The lowest BCUT2D eigenvalue weighted by molar-refractivity contribution is -0.123. The van der Waals surface area contributed by atoms with E-state index in [1.54, 1.807) is 10.6 Å². The Balaban J connectivity index is 1.43. The van der Waals surface area contributed by atoms with E-state index in [0.29, 0.717) is 41.9 Å². The van der Waals surface area contributed by atoms with E-state index >= 15 is 0 Å². The van der Waals surface area contributed by atoms with E-state index in [4.69, 9.17) is 4.74 Å². The first-order valence-electron chi connectivity index (χ1n) is 11.0. The molecule has 9 nitrogen and oxygen atoms in total. The molecule has 2 amide bonds. The van der Waals surface area contributed by atoms with Crippen LogP contribution in [0.15, 0.2) is 24.4 Å². The van der Waals surface area contributed by atoms with Crippen molar-refractivity contribution in [1.29, 1.82) is 5.26 Å². The molecule has 2 aromatic heterocycles. The van der Waals surface area contributed by atoms with Gasteiger partial charge >= 0.3 is 0 Å². The minimum Gasteiger partial charge on any atom is -0.478 e. The summed E-state index contributed by atoms with van der Waals surface area (Å²) in [7, 11) is 0. The van der Waals surface area contributed by atoms with Gasteiger partial charge in [0.15, 0.2) is 11.8 Å². The molecule has 4 rings (SSSR count). The van der Waals surface area contributed by atoms with Gasteiger partial charge < -0.3 is 15.4 Å². The highest BCUT2D eigenvalue weighted by molar-refractivity contribution is 5.97. The number of nitriles is 1. The highest BCUT2D eigenvalue weighted by atomic mass is 16.5. The summed E-state index contributed by atoms with van der Waals surface area (Å²) >= 11 is 0. The molecule has 1 aliphatic rings. The summed E-state index contributed by atoms with van der Waals surface area (Å²) in [5.41, 5.74) is 5.10. The number of ether oxygens (including phenoxy) is 1. The molecule has 0 aliphatic carbocycles. The van der Waals surface area contributed by atoms with Crippen LogP contribution in [0.5, 0.6) is 5.75 Å². The van der Waals surface area contributed by atoms with Crippen LogP contribution in [0.3, 0.4) is 0 Å². The van der Waals surface area contributed by atoms with Gasteiger partial charge in [0.1, 0.15) is 17.4 Å². The second-order valence-electron chi connectivity index (χ2n) is 8.22. The lowest BCUT2D eigenvalue weighted by Crippen LogP contribution is -2.36. The van der Waals surface area contributed by atoms with Crippen molar-refractivity contribution in [3.63, 3.8) is 0 Å². The van der Waals surface area contributed by atoms with E-state index in [0.717, 1.165) is 22.5 Å². The molecule has 3 aromatic rings. The molecule has 2 N–H and O–H groups in total. The standard InChI is InChI=1S/C24H26N6O3/c1-5-20-24(32)29-19-8-6-16(10-21(19)33-20)13(2)27-22(31)9-7-18-14(3)28-23-17(11-25)12-26-30(23)15(18)4/h6,8,10,12-13,20H,5,7,9H2,1-4H3,(H,27,31)(H,29,32). The van der Waals surface area contributed by atoms with Gasteiger partial charge in [0.05, 0.1) is 17.9 Å². The van der Waals surface area contributed by atoms with Crippen LogP contribution in [-0.2, 0) is 16.0 Å². The highest BCUT2D eigenvalue weighted by Gasteiger charge is 2.26. The minimum absolute atomic E-state index is 0.0852. The van der Waals surface area contributed by atoms with Gasteiger partial charge in [-0.2, -0.15) is 10.4 Å². The summed E-state index contributed by atoms with van der Waals surface area (Å²) < 4.78 is 7.46. The monoisotopic (exact) mass is 446 g/mol. The van der Waals surface area contributed by atoms with E-state index in [2.05, 4.69) is 26.8 Å². The van der Waals surface area contributed by atoms with Gasteiger partial charge in [0.25, 0.3) is 5.91 Å². The highest BCUT2D eigenvalue weighted by Crippen LogP contribution is 2.33. The lowest BCUT2D eigenvalue weighted by Gasteiger charge is -2.26. The van der Waals surface area contributed by atoms with Crippen LogP contribution in [0.4, 0.5) is 5.69 Å². The maximum Gasteiger partial charge on any atom is 0.265 e. The maximum atomic E-state index is 12.7. The summed E-state index contributed by atoms with van der Waals surface area (Å²) in [5.74, 6) is 0.385. The van der Waals surface area contributed by atoms with Crippen LogP contribution in [0.1, 0.15) is 60.8 Å². The number of carbonyl (C=O) groups is 2. The number of anilines is 1. The molecule has 2 unspecified atom stereocenters. The molecule has 0 saturated carbocycles. The largest absolute Gasteiger partial charge is 0.478 e. The third kappa shape index (κ3) is 4.24. The molecule has 170 valence electrons. The minimum atomic E-state index is -0.505. The number of hydrogen-bond acceptors (Lipinski definition) is 6. The molecule has 9 heteroatoms. The first-order chi connectivity index (χ1) is 15.8. The lowest BCUT2D eigenvalue weighted by atomic mass is 10.0. The van der Waals surface area contributed by atoms with Gasteiger partial charge in [-0.1, -0.05) is 13.0 Å². The van der Waals surface area contributed by atoms with Crippen molar-refractivity contribution in [1.82, 2.24) is 19.9 Å². The van der Waals surface area contributed by atoms with Gasteiger partial charge in [0, 0.05) is 17.8 Å². The molecular weight excluding hydrogens is 420 g/mol. The van der Waals surface area contributed by atoms with E-state index in [1.165, 1.54) is 6.20 Å². The van der Waals surface area contributed by atoms with Crippen molar-refractivity contribution >= 4 is 23.1 Å². The van der Waals surface area contributed by atoms with Crippen molar-refractivity contribution in [2.75, 3.05) is 5.32 Å². The van der Waals surface area contributed by atoms with Gasteiger partial charge in [-0.15, -0.1) is 0 Å². The van der Waals surface area contributed by atoms with Crippen molar-refractivity contribution in [3.05, 3.63) is 52.5 Å². The molecule has 0 saturated heterocycles. The van der Waals surface area contributed by atoms with Crippen LogP contribution in [0.2, 0.25) is 0 Å². The Morgan fingerprint density at radius 3 is 2.91 bits per heavy atom. The average molecular weight is 447 g/mol. The van der Waals surface area contributed by atoms with Crippen molar-refractivity contribution < 1.29 is 14.3 Å². The predicted octanol–water partition coefficient (Wildman–Crippen LogP) is 3.14. The normalized spacial score (nSPS) is 15.8. The van der Waals surface area contributed by atoms with Crippen LogP contribution in [0, 0.1) is 25.2 Å². The summed E-state index contributed by atoms with van der Waals surface area (Å²) in [5, 5.41) is 19.3. The smallest absolute Gasteiger partial charge is 0.265 e. The Labute approximate surface area is 191 Å². The third-order valence-electron chi connectivity index (χ3n) is 6.00. The number of carbonyl (C=O) groups excluding carboxylic acids is 2. The number of amides is 2. The van der Waals surface area contributed by atoms with E-state index in [1.807, 2.05) is 39.8 Å². The fourth-order valence-corrected chi connectivity index (χ4v) is 4.08. The van der Waals surface area contributed by atoms with Crippen LogP contribution in [-0.4, -0.2) is 32.5 Å². The average Bonchev–Trinajstić information content (AvgIpc) is 3.21. The number of nitrogens with zero attached hydrogens (tertiary/aromatic N) is 4. The first kappa shape index (κ1) is 22.3. The summed E-state index contributed by atoms with van der Waals surface area (Å²) in [6.45, 7) is 7.61. The van der Waals surface area contributed by atoms with Gasteiger partial charge in [0.2, 0.25) is 5.91 Å². The fraction of sp³-hybridized carbons (Fsp3) is 0.375. The number of fused-ring (bicyclic) bond motifs is 2. The SMILES string of the molecule is CCC1Oc2cc(C(C)NC(=O)CCc3c(C)nc4c(C#N)cnn4c3C)ccc2NC1=O. The Hall–Kier alpha value is -3.93. The van der Waals surface area contributed by atoms with Crippen LogP contribution < -0.4 is 15.4 Å². The zero-order valence-electron chi connectivity index (χ0n) is 19.1.